The molecule has 1 N–H and O–H groups in total. The Balaban J connectivity index is 3.05. The standard InChI is InChI=1S/C18H26Cl2N2O2/c1-4-7-17(23)22(16(6-3)18(24)21-10-5-2)12-13-8-9-14(19)11-15(13)20/h8-9,11,16H,4-7,10,12H2,1-3H3,(H,21,24). The maximum absolute atomic E-state index is 12.6. The molecular formula is C18H26Cl2N2O2. The quantitative estimate of drug-likeness (QED) is 0.696. The Morgan fingerprint density at radius 2 is 1.88 bits per heavy atom. The third-order valence-electron chi connectivity index (χ3n) is 3.75. The Bertz CT molecular complexity index is 564. The topological polar surface area (TPSA) is 49.4 Å². The SMILES string of the molecule is CCCNC(=O)C(CC)N(Cc1ccc(Cl)cc1Cl)C(=O)CCC. The molecule has 0 fully saturated rings. The fourth-order valence-electron chi connectivity index (χ4n) is 2.48. The number of hydrogen-bond donors (Lipinski definition) is 1. The predicted octanol–water partition coefficient (Wildman–Crippen LogP) is 4.43. The van der Waals surface area contributed by atoms with Crippen molar-refractivity contribution in [3.05, 3.63) is 33.8 Å². The lowest BCUT2D eigenvalue weighted by molar-refractivity contribution is -0.141. The number of nitrogens with zero attached hydrogens (tertiary/aromatic N) is 1. The Hall–Kier alpha value is -1.26. The van der Waals surface area contributed by atoms with Gasteiger partial charge < -0.3 is 10.2 Å². The molecule has 0 heterocycles. The van der Waals surface area contributed by atoms with Gasteiger partial charge in [0.1, 0.15) is 6.04 Å². The third-order valence-corrected chi connectivity index (χ3v) is 4.34. The minimum Gasteiger partial charge on any atom is -0.354 e. The molecule has 0 aliphatic heterocycles. The molecule has 1 aromatic carbocycles. The normalized spacial score (nSPS) is 11.9. The first-order valence-electron chi connectivity index (χ1n) is 8.45. The first kappa shape index (κ1) is 20.8. The minimum atomic E-state index is -0.498. The van der Waals surface area contributed by atoms with Crippen LogP contribution in [0.1, 0.15) is 52.0 Å². The van der Waals surface area contributed by atoms with Crippen LogP contribution in [-0.4, -0.2) is 29.3 Å². The zero-order valence-electron chi connectivity index (χ0n) is 14.6. The number of halogens is 2. The second kappa shape index (κ2) is 10.6. The first-order valence-corrected chi connectivity index (χ1v) is 9.21. The van der Waals surface area contributed by atoms with Crippen LogP contribution >= 0.6 is 23.2 Å². The van der Waals surface area contributed by atoms with Gasteiger partial charge in [-0.15, -0.1) is 0 Å². The maximum atomic E-state index is 12.6. The Labute approximate surface area is 154 Å². The average molecular weight is 373 g/mol. The maximum Gasteiger partial charge on any atom is 0.242 e. The van der Waals surface area contributed by atoms with Gasteiger partial charge in [-0.25, -0.2) is 0 Å². The summed E-state index contributed by atoms with van der Waals surface area (Å²) in [6, 6.07) is 4.69. The van der Waals surface area contributed by atoms with Crippen LogP contribution in [0.25, 0.3) is 0 Å². The van der Waals surface area contributed by atoms with E-state index in [1.54, 1.807) is 23.1 Å². The molecule has 0 spiro atoms. The predicted molar refractivity (Wildman–Crippen MR) is 99.3 cm³/mol. The zero-order chi connectivity index (χ0) is 18.1. The van der Waals surface area contributed by atoms with E-state index in [9.17, 15) is 9.59 Å². The van der Waals surface area contributed by atoms with Crippen molar-refractivity contribution in [2.45, 2.75) is 59.0 Å². The fraction of sp³-hybridized carbons (Fsp3) is 0.556. The van der Waals surface area contributed by atoms with E-state index in [4.69, 9.17) is 23.2 Å². The number of carbonyl (C=O) groups excluding carboxylic acids is 2. The molecule has 0 saturated carbocycles. The molecule has 1 rings (SSSR count). The van der Waals surface area contributed by atoms with Gasteiger partial charge in [-0.2, -0.15) is 0 Å². The molecule has 24 heavy (non-hydrogen) atoms. The molecule has 2 amide bonds. The lowest BCUT2D eigenvalue weighted by Crippen LogP contribution is -2.49. The molecule has 134 valence electrons. The number of carbonyl (C=O) groups is 2. The molecule has 0 bridgehead atoms. The van der Waals surface area contributed by atoms with Crippen LogP contribution in [0.4, 0.5) is 0 Å². The molecule has 6 heteroatoms. The summed E-state index contributed by atoms with van der Waals surface area (Å²) in [6.07, 6.45) is 2.55. The van der Waals surface area contributed by atoms with Crippen LogP contribution < -0.4 is 5.32 Å². The molecule has 0 aliphatic rings. The Morgan fingerprint density at radius 1 is 1.17 bits per heavy atom. The van der Waals surface area contributed by atoms with Gasteiger partial charge in [-0.3, -0.25) is 9.59 Å². The van der Waals surface area contributed by atoms with Crippen molar-refractivity contribution in [2.24, 2.45) is 0 Å². The van der Waals surface area contributed by atoms with E-state index in [2.05, 4.69) is 5.32 Å². The highest BCUT2D eigenvalue weighted by atomic mass is 35.5. The molecule has 4 nitrogen and oxygen atoms in total. The summed E-state index contributed by atoms with van der Waals surface area (Å²) in [5.74, 6) is -0.157. The van der Waals surface area contributed by atoms with Gasteiger partial charge >= 0.3 is 0 Å². The van der Waals surface area contributed by atoms with E-state index in [1.165, 1.54) is 0 Å². The Kier molecular flexibility index (Phi) is 9.16. The monoisotopic (exact) mass is 372 g/mol. The number of amides is 2. The highest BCUT2D eigenvalue weighted by Crippen LogP contribution is 2.24. The second-order valence-corrected chi connectivity index (χ2v) is 6.57. The van der Waals surface area contributed by atoms with Crippen LogP contribution in [0.2, 0.25) is 10.0 Å². The van der Waals surface area contributed by atoms with Crippen LogP contribution in [-0.2, 0) is 16.1 Å². The first-order chi connectivity index (χ1) is 11.4. The summed E-state index contributed by atoms with van der Waals surface area (Å²) in [5, 5.41) is 3.93. The van der Waals surface area contributed by atoms with Crippen LogP contribution in [0.15, 0.2) is 18.2 Å². The van der Waals surface area contributed by atoms with Gasteiger partial charge in [0, 0.05) is 29.6 Å². The van der Waals surface area contributed by atoms with Crippen molar-refractivity contribution in [1.29, 1.82) is 0 Å². The zero-order valence-corrected chi connectivity index (χ0v) is 16.1. The molecular weight excluding hydrogens is 347 g/mol. The van der Waals surface area contributed by atoms with Crippen molar-refractivity contribution in [3.63, 3.8) is 0 Å². The molecule has 0 radical (unpaired) electrons. The van der Waals surface area contributed by atoms with Crippen LogP contribution in [0.3, 0.4) is 0 Å². The summed E-state index contributed by atoms with van der Waals surface area (Å²) in [7, 11) is 0. The average Bonchev–Trinajstić information content (AvgIpc) is 2.54. The van der Waals surface area contributed by atoms with Crippen LogP contribution in [0.5, 0.6) is 0 Å². The number of hydrogen-bond acceptors (Lipinski definition) is 2. The van der Waals surface area contributed by atoms with Crippen LogP contribution in [0, 0.1) is 0 Å². The van der Waals surface area contributed by atoms with Gasteiger partial charge in [0.15, 0.2) is 0 Å². The summed E-state index contributed by atoms with van der Waals surface area (Å²) < 4.78 is 0. The van der Waals surface area contributed by atoms with E-state index in [-0.39, 0.29) is 11.8 Å². The minimum absolute atomic E-state index is 0.0398. The molecule has 1 aromatic rings. The smallest absolute Gasteiger partial charge is 0.242 e. The molecule has 0 aromatic heterocycles. The van der Waals surface area contributed by atoms with Gasteiger partial charge in [0.05, 0.1) is 0 Å². The van der Waals surface area contributed by atoms with E-state index < -0.39 is 6.04 Å². The van der Waals surface area contributed by atoms with Gasteiger partial charge in [-0.1, -0.05) is 50.0 Å². The van der Waals surface area contributed by atoms with Crippen molar-refractivity contribution in [2.75, 3.05) is 6.54 Å². The number of rotatable bonds is 9. The van der Waals surface area contributed by atoms with Crippen molar-refractivity contribution >= 4 is 35.0 Å². The van der Waals surface area contributed by atoms with E-state index in [0.29, 0.717) is 36.0 Å². The van der Waals surface area contributed by atoms with Crippen molar-refractivity contribution < 1.29 is 9.59 Å². The summed E-state index contributed by atoms with van der Waals surface area (Å²) >= 11 is 12.2. The Morgan fingerprint density at radius 3 is 2.42 bits per heavy atom. The lowest BCUT2D eigenvalue weighted by atomic mass is 10.1. The second-order valence-electron chi connectivity index (χ2n) is 5.72. The summed E-state index contributed by atoms with van der Waals surface area (Å²) in [4.78, 5) is 26.7. The molecule has 1 atom stereocenters. The van der Waals surface area contributed by atoms with Gasteiger partial charge in [0.2, 0.25) is 11.8 Å². The summed E-state index contributed by atoms with van der Waals surface area (Å²) in [6.45, 7) is 6.75. The van der Waals surface area contributed by atoms with Crippen molar-refractivity contribution in [1.82, 2.24) is 10.2 Å². The summed E-state index contributed by atoms with van der Waals surface area (Å²) in [5.41, 5.74) is 0.785. The van der Waals surface area contributed by atoms with E-state index in [0.717, 1.165) is 18.4 Å². The third kappa shape index (κ3) is 5.99. The molecule has 0 aliphatic carbocycles. The highest BCUT2D eigenvalue weighted by molar-refractivity contribution is 6.35. The van der Waals surface area contributed by atoms with Crippen molar-refractivity contribution in [3.8, 4) is 0 Å². The van der Waals surface area contributed by atoms with Gasteiger partial charge in [-0.05, 0) is 37.0 Å². The molecule has 1 unspecified atom stereocenters. The van der Waals surface area contributed by atoms with E-state index in [1.807, 2.05) is 20.8 Å². The number of nitrogens with one attached hydrogen (secondary N) is 1. The van der Waals surface area contributed by atoms with E-state index >= 15 is 0 Å². The van der Waals surface area contributed by atoms with Gasteiger partial charge in [0.25, 0.3) is 0 Å². The molecule has 0 saturated heterocycles. The lowest BCUT2D eigenvalue weighted by Gasteiger charge is -2.31. The fourth-order valence-corrected chi connectivity index (χ4v) is 2.94. The highest BCUT2D eigenvalue weighted by Gasteiger charge is 2.28. The number of benzene rings is 1. The largest absolute Gasteiger partial charge is 0.354 e.